The fraction of sp³-hybridized carbons (Fsp3) is 0.231. The normalized spacial score (nSPS) is 14.4. The Hall–Kier alpha value is -1.74. The predicted molar refractivity (Wildman–Crippen MR) is 61.8 cm³/mol. The van der Waals surface area contributed by atoms with E-state index in [1.165, 1.54) is 0 Å². The van der Waals surface area contributed by atoms with Crippen molar-refractivity contribution in [3.63, 3.8) is 0 Å². The minimum atomic E-state index is -0.531. The summed E-state index contributed by atoms with van der Waals surface area (Å²) in [5.41, 5.74) is 1.91. The molecule has 2 aromatic rings. The topological polar surface area (TPSA) is 46.0 Å². The standard InChI is InChI=1S/C13H14N2O/c1-10(11-4-7-14-8-5-11)13(16)12-3-2-6-15-9-12/h2-10,13,16H,1H3. The molecule has 0 aliphatic rings. The van der Waals surface area contributed by atoms with Crippen molar-refractivity contribution < 1.29 is 5.11 Å². The van der Waals surface area contributed by atoms with E-state index >= 15 is 0 Å². The van der Waals surface area contributed by atoms with Crippen LogP contribution >= 0.6 is 0 Å². The van der Waals surface area contributed by atoms with Crippen LogP contribution in [0.3, 0.4) is 0 Å². The molecule has 1 N–H and O–H groups in total. The molecule has 2 heterocycles. The van der Waals surface area contributed by atoms with Gasteiger partial charge in [0.1, 0.15) is 0 Å². The third-order valence-electron chi connectivity index (χ3n) is 2.73. The number of hydrogen-bond acceptors (Lipinski definition) is 3. The van der Waals surface area contributed by atoms with Crippen LogP contribution in [0.4, 0.5) is 0 Å². The fourth-order valence-corrected chi connectivity index (χ4v) is 1.69. The van der Waals surface area contributed by atoms with Crippen molar-refractivity contribution in [2.24, 2.45) is 0 Å². The molecule has 0 radical (unpaired) electrons. The third-order valence-corrected chi connectivity index (χ3v) is 2.73. The summed E-state index contributed by atoms with van der Waals surface area (Å²) >= 11 is 0. The lowest BCUT2D eigenvalue weighted by Crippen LogP contribution is -2.07. The molecule has 0 amide bonds. The highest BCUT2D eigenvalue weighted by atomic mass is 16.3. The van der Waals surface area contributed by atoms with E-state index in [0.717, 1.165) is 11.1 Å². The molecule has 0 saturated heterocycles. The molecule has 2 atom stereocenters. The van der Waals surface area contributed by atoms with Crippen LogP contribution in [0.15, 0.2) is 49.1 Å². The van der Waals surface area contributed by atoms with Gasteiger partial charge < -0.3 is 5.11 Å². The Labute approximate surface area is 94.8 Å². The summed E-state index contributed by atoms with van der Waals surface area (Å²) < 4.78 is 0. The van der Waals surface area contributed by atoms with Crippen molar-refractivity contribution in [2.75, 3.05) is 0 Å². The second kappa shape index (κ2) is 4.86. The van der Waals surface area contributed by atoms with Crippen LogP contribution < -0.4 is 0 Å². The lowest BCUT2D eigenvalue weighted by Gasteiger charge is -2.18. The zero-order chi connectivity index (χ0) is 11.4. The maximum atomic E-state index is 10.2. The number of rotatable bonds is 3. The van der Waals surface area contributed by atoms with E-state index in [-0.39, 0.29) is 5.92 Å². The average molecular weight is 214 g/mol. The highest BCUT2D eigenvalue weighted by Crippen LogP contribution is 2.29. The van der Waals surface area contributed by atoms with Gasteiger partial charge in [-0.1, -0.05) is 13.0 Å². The molecule has 0 spiro atoms. The van der Waals surface area contributed by atoms with Crippen LogP contribution in [-0.4, -0.2) is 15.1 Å². The molecule has 0 fully saturated rings. The van der Waals surface area contributed by atoms with E-state index < -0.39 is 6.10 Å². The van der Waals surface area contributed by atoms with Crippen molar-refractivity contribution in [1.82, 2.24) is 9.97 Å². The number of aliphatic hydroxyl groups excluding tert-OH is 1. The Morgan fingerprint density at radius 2 is 1.75 bits per heavy atom. The molecular weight excluding hydrogens is 200 g/mol. The van der Waals surface area contributed by atoms with E-state index in [0.29, 0.717) is 0 Å². The molecule has 2 aromatic heterocycles. The van der Waals surface area contributed by atoms with Crippen LogP contribution in [0.25, 0.3) is 0 Å². The van der Waals surface area contributed by atoms with Crippen LogP contribution in [0.1, 0.15) is 30.1 Å². The van der Waals surface area contributed by atoms with Gasteiger partial charge in [-0.25, -0.2) is 0 Å². The number of aliphatic hydroxyl groups is 1. The van der Waals surface area contributed by atoms with E-state index in [2.05, 4.69) is 9.97 Å². The summed E-state index contributed by atoms with van der Waals surface area (Å²) in [6.45, 7) is 1.99. The summed E-state index contributed by atoms with van der Waals surface area (Å²) in [5.74, 6) is 0.0344. The van der Waals surface area contributed by atoms with Crippen LogP contribution in [0.2, 0.25) is 0 Å². The monoisotopic (exact) mass is 214 g/mol. The van der Waals surface area contributed by atoms with Crippen LogP contribution in [-0.2, 0) is 0 Å². The zero-order valence-corrected chi connectivity index (χ0v) is 9.12. The second-order valence-electron chi connectivity index (χ2n) is 3.80. The zero-order valence-electron chi connectivity index (χ0n) is 9.12. The van der Waals surface area contributed by atoms with E-state index in [1.807, 2.05) is 31.2 Å². The van der Waals surface area contributed by atoms with Gasteiger partial charge in [0.25, 0.3) is 0 Å². The Morgan fingerprint density at radius 1 is 1.00 bits per heavy atom. The molecule has 3 nitrogen and oxygen atoms in total. The summed E-state index contributed by atoms with van der Waals surface area (Å²) in [6, 6.07) is 7.56. The highest BCUT2D eigenvalue weighted by Gasteiger charge is 2.17. The SMILES string of the molecule is CC(c1ccncc1)C(O)c1cccnc1. The van der Waals surface area contributed by atoms with Gasteiger partial charge in [-0.3, -0.25) is 9.97 Å². The Balaban J connectivity index is 2.20. The van der Waals surface area contributed by atoms with E-state index in [9.17, 15) is 5.11 Å². The molecule has 82 valence electrons. The van der Waals surface area contributed by atoms with Crippen molar-refractivity contribution >= 4 is 0 Å². The summed E-state index contributed by atoms with van der Waals surface area (Å²) in [6.07, 6.45) is 6.34. The van der Waals surface area contributed by atoms with Gasteiger partial charge >= 0.3 is 0 Å². The summed E-state index contributed by atoms with van der Waals surface area (Å²) in [7, 11) is 0. The maximum Gasteiger partial charge on any atom is 0.0870 e. The van der Waals surface area contributed by atoms with Gasteiger partial charge in [0.2, 0.25) is 0 Å². The first-order valence-corrected chi connectivity index (χ1v) is 5.27. The first-order valence-electron chi connectivity index (χ1n) is 5.27. The first kappa shape index (κ1) is 10.8. The summed E-state index contributed by atoms with van der Waals surface area (Å²) in [5, 5.41) is 10.2. The van der Waals surface area contributed by atoms with Crippen molar-refractivity contribution in [3.8, 4) is 0 Å². The average Bonchev–Trinajstić information content (AvgIpc) is 2.39. The lowest BCUT2D eigenvalue weighted by atomic mass is 9.92. The van der Waals surface area contributed by atoms with Gasteiger partial charge in [-0.15, -0.1) is 0 Å². The van der Waals surface area contributed by atoms with Crippen LogP contribution in [0, 0.1) is 0 Å². The van der Waals surface area contributed by atoms with Crippen LogP contribution in [0.5, 0.6) is 0 Å². The summed E-state index contributed by atoms with van der Waals surface area (Å²) in [4.78, 5) is 7.98. The Bertz CT molecular complexity index is 387. The number of aromatic nitrogens is 2. The maximum absolute atomic E-state index is 10.2. The van der Waals surface area contributed by atoms with Gasteiger partial charge in [-0.2, -0.15) is 0 Å². The molecule has 16 heavy (non-hydrogen) atoms. The minimum absolute atomic E-state index is 0.0344. The smallest absolute Gasteiger partial charge is 0.0870 e. The van der Waals surface area contributed by atoms with Crippen molar-refractivity contribution in [1.29, 1.82) is 0 Å². The number of nitrogens with zero attached hydrogens (tertiary/aromatic N) is 2. The molecule has 0 aliphatic heterocycles. The molecule has 0 bridgehead atoms. The van der Waals surface area contributed by atoms with E-state index in [1.54, 1.807) is 24.8 Å². The molecule has 0 saturated carbocycles. The lowest BCUT2D eigenvalue weighted by molar-refractivity contribution is 0.151. The molecule has 2 rings (SSSR count). The largest absolute Gasteiger partial charge is 0.388 e. The second-order valence-corrected chi connectivity index (χ2v) is 3.80. The van der Waals surface area contributed by atoms with E-state index in [4.69, 9.17) is 0 Å². The molecule has 0 aliphatic carbocycles. The first-order chi connectivity index (χ1) is 7.79. The number of hydrogen-bond donors (Lipinski definition) is 1. The van der Waals surface area contributed by atoms with Gasteiger partial charge in [0.15, 0.2) is 0 Å². The van der Waals surface area contributed by atoms with Crippen molar-refractivity contribution in [2.45, 2.75) is 18.9 Å². The Kier molecular flexibility index (Phi) is 3.27. The highest BCUT2D eigenvalue weighted by molar-refractivity contribution is 5.22. The third kappa shape index (κ3) is 2.25. The molecule has 3 heteroatoms. The Morgan fingerprint density at radius 3 is 2.38 bits per heavy atom. The van der Waals surface area contributed by atoms with Gasteiger partial charge in [0.05, 0.1) is 6.10 Å². The fourth-order valence-electron chi connectivity index (χ4n) is 1.69. The number of pyridine rings is 2. The van der Waals surface area contributed by atoms with Crippen molar-refractivity contribution in [3.05, 3.63) is 60.2 Å². The predicted octanol–water partition coefficient (Wildman–Crippen LogP) is 2.31. The van der Waals surface area contributed by atoms with Gasteiger partial charge in [-0.05, 0) is 29.3 Å². The molecule has 2 unspecified atom stereocenters. The molecule has 0 aromatic carbocycles. The minimum Gasteiger partial charge on any atom is -0.388 e. The molecular formula is C13H14N2O. The van der Waals surface area contributed by atoms with Gasteiger partial charge in [0, 0.05) is 30.7 Å². The quantitative estimate of drug-likeness (QED) is 0.852.